The normalized spacial score (nSPS) is 28.4. The van der Waals surface area contributed by atoms with Gasteiger partial charge in [0.25, 0.3) is 0 Å². The minimum Gasteiger partial charge on any atom is -0.454 e. The SMILES string of the molecule is CC1CC=C(CN(Cc2cccc3c2OCO3)[C@H](CN(C)COC(=O)C(F)(F)F)CC(C)(C)C)C=C1CN1C(C(=O)NC2C[C@H]3C[C@@H]([C@@H]2C)C3(C)C)CCS1(=O)=O. The lowest BCUT2D eigenvalue weighted by Gasteiger charge is -2.62. The summed E-state index contributed by atoms with van der Waals surface area (Å²) >= 11 is 0. The molecule has 0 spiro atoms. The Morgan fingerprint density at radius 3 is 2.51 bits per heavy atom. The minimum atomic E-state index is -5.09. The van der Waals surface area contributed by atoms with E-state index < -0.39 is 34.9 Å². The predicted molar refractivity (Wildman–Crippen MR) is 210 cm³/mol. The van der Waals surface area contributed by atoms with Crippen molar-refractivity contribution in [1.82, 2.24) is 19.4 Å². The predicted octanol–water partition coefficient (Wildman–Crippen LogP) is 6.50. The number of rotatable bonds is 14. The number of hydrogen-bond acceptors (Lipinski definition) is 9. The van der Waals surface area contributed by atoms with Crippen LogP contribution in [0.3, 0.4) is 0 Å². The number of fused-ring (bicyclic) bond motifs is 3. The zero-order valence-corrected chi connectivity index (χ0v) is 35.5. The average Bonchev–Trinajstić information content (AvgIpc) is 3.71. The monoisotopic (exact) mass is 822 g/mol. The number of carbonyl (C=O) groups excluding carboxylic acids is 2. The number of amides is 1. The first kappa shape index (κ1) is 43.4. The third-order valence-electron chi connectivity index (χ3n) is 13.2. The van der Waals surface area contributed by atoms with Crippen molar-refractivity contribution in [2.75, 3.05) is 46.0 Å². The largest absolute Gasteiger partial charge is 0.490 e. The number of esters is 1. The summed E-state index contributed by atoms with van der Waals surface area (Å²) in [7, 11) is -2.05. The van der Waals surface area contributed by atoms with E-state index in [-0.39, 0.29) is 66.8 Å². The molecule has 2 aliphatic heterocycles. The molecule has 15 heteroatoms. The summed E-state index contributed by atoms with van der Waals surface area (Å²) in [5.74, 6) is 0.211. The highest BCUT2D eigenvalue weighted by molar-refractivity contribution is 7.89. The maximum Gasteiger partial charge on any atom is 0.490 e. The first-order valence-corrected chi connectivity index (χ1v) is 21.9. The molecule has 2 bridgehead atoms. The second-order valence-electron chi connectivity index (χ2n) is 18.9. The number of benzene rings is 1. The second-order valence-corrected chi connectivity index (χ2v) is 21.0. The maximum atomic E-state index is 13.9. The molecular weight excluding hydrogens is 762 g/mol. The second kappa shape index (κ2) is 16.5. The molecule has 2 heterocycles. The van der Waals surface area contributed by atoms with Crippen LogP contribution in [0.25, 0.3) is 0 Å². The highest BCUT2D eigenvalue weighted by Gasteiger charge is 2.57. The molecule has 3 saturated carbocycles. The fraction of sp³-hybridized carbons (Fsp3) is 0.714. The number of likely N-dealkylation sites (N-methyl/N-ethyl adjacent to an activating group) is 1. The summed E-state index contributed by atoms with van der Waals surface area (Å²) < 4.78 is 83.6. The summed E-state index contributed by atoms with van der Waals surface area (Å²) in [6, 6.07) is 4.73. The van der Waals surface area contributed by atoms with Gasteiger partial charge in [0.15, 0.2) is 11.5 Å². The number of carbonyl (C=O) groups is 2. The Morgan fingerprint density at radius 1 is 1.11 bits per heavy atom. The number of allylic oxidation sites excluding steroid dienone is 1. The van der Waals surface area contributed by atoms with E-state index in [4.69, 9.17) is 9.47 Å². The summed E-state index contributed by atoms with van der Waals surface area (Å²) in [5, 5.41) is 3.28. The Kier molecular flexibility index (Phi) is 12.6. The standard InChI is InChI=1S/C42H61F3N4O7S/c1-26-12-13-28(16-30(26)22-49-35(14-15-57(49,52)53)38(50)46-34-18-31-17-33(27(34)2)41(31,6)7)20-48(21-29-10-9-11-36-37(29)56-25-55-36)32(19-40(3,4)5)23-47(8)24-54-39(51)42(43,44)45/h9-11,13,16,26-27,31-35H,12,14-15,17-25H2,1-8H3,(H,46,50)/t26?,27-,31+,32-,33-,34?,35?/m0/s1. The fourth-order valence-electron chi connectivity index (χ4n) is 9.78. The fourth-order valence-corrected chi connectivity index (χ4v) is 11.5. The van der Waals surface area contributed by atoms with Crippen molar-refractivity contribution < 1.29 is 45.4 Å². The van der Waals surface area contributed by atoms with Crippen molar-refractivity contribution in [3.8, 4) is 11.5 Å². The van der Waals surface area contributed by atoms with Gasteiger partial charge in [0.2, 0.25) is 22.7 Å². The van der Waals surface area contributed by atoms with Crippen molar-refractivity contribution in [2.45, 2.75) is 111 Å². The molecular formula is C42H61F3N4O7S. The number of ether oxygens (including phenoxy) is 3. The van der Waals surface area contributed by atoms with E-state index in [0.29, 0.717) is 55.2 Å². The van der Waals surface area contributed by atoms with Gasteiger partial charge in [-0.2, -0.15) is 17.5 Å². The van der Waals surface area contributed by atoms with Crippen LogP contribution in [0.4, 0.5) is 13.2 Å². The highest BCUT2D eigenvalue weighted by atomic mass is 32.2. The molecule has 11 nitrogen and oxygen atoms in total. The van der Waals surface area contributed by atoms with Gasteiger partial charge in [-0.1, -0.05) is 78.3 Å². The van der Waals surface area contributed by atoms with E-state index in [1.54, 1.807) is 11.9 Å². The number of nitrogens with one attached hydrogen (secondary N) is 1. The van der Waals surface area contributed by atoms with Crippen LogP contribution >= 0.6 is 0 Å². The first-order chi connectivity index (χ1) is 26.5. The molecule has 0 radical (unpaired) electrons. The van der Waals surface area contributed by atoms with Gasteiger partial charge in [-0.25, -0.2) is 13.2 Å². The molecule has 318 valence electrons. The van der Waals surface area contributed by atoms with E-state index in [2.05, 4.69) is 75.6 Å². The van der Waals surface area contributed by atoms with Gasteiger partial charge < -0.3 is 19.5 Å². The highest BCUT2D eigenvalue weighted by Crippen LogP contribution is 2.61. The van der Waals surface area contributed by atoms with Crippen molar-refractivity contribution >= 4 is 21.9 Å². The van der Waals surface area contributed by atoms with Crippen LogP contribution in [-0.4, -0.2) is 105 Å². The van der Waals surface area contributed by atoms with Gasteiger partial charge in [-0.3, -0.25) is 14.6 Å². The molecule has 4 fully saturated rings. The van der Waals surface area contributed by atoms with Crippen LogP contribution in [0.2, 0.25) is 0 Å². The molecule has 4 aliphatic carbocycles. The van der Waals surface area contributed by atoms with Crippen LogP contribution < -0.4 is 14.8 Å². The van der Waals surface area contributed by atoms with Crippen molar-refractivity contribution in [2.24, 2.45) is 34.5 Å². The Bertz CT molecular complexity index is 1840. The molecule has 57 heavy (non-hydrogen) atoms. The summed E-state index contributed by atoms with van der Waals surface area (Å²) in [5.41, 5.74) is 2.85. The lowest BCUT2D eigenvalue weighted by Crippen LogP contribution is -2.62. The quantitative estimate of drug-likeness (QED) is 0.166. The molecule has 1 N–H and O–H groups in total. The molecule has 1 aromatic rings. The third kappa shape index (κ3) is 9.84. The summed E-state index contributed by atoms with van der Waals surface area (Å²) in [4.78, 5) is 29.3. The van der Waals surface area contributed by atoms with Gasteiger partial charge >= 0.3 is 12.1 Å². The molecule has 1 aromatic carbocycles. The smallest absolute Gasteiger partial charge is 0.454 e. The van der Waals surface area contributed by atoms with E-state index in [1.165, 1.54) is 10.7 Å². The van der Waals surface area contributed by atoms with Crippen LogP contribution in [0.15, 0.2) is 41.5 Å². The number of alkyl halides is 3. The number of nitrogens with zero attached hydrogens (tertiary/aromatic N) is 3. The molecule has 0 aromatic heterocycles. The van der Waals surface area contributed by atoms with Crippen LogP contribution in [-0.2, 0) is 30.9 Å². The number of sulfonamides is 1. The number of para-hydroxylation sites is 1. The molecule has 3 unspecified atom stereocenters. The van der Waals surface area contributed by atoms with Crippen LogP contribution in [0, 0.1) is 34.5 Å². The molecule has 1 amide bonds. The van der Waals surface area contributed by atoms with Crippen molar-refractivity contribution in [1.29, 1.82) is 0 Å². The Labute approximate surface area is 336 Å². The van der Waals surface area contributed by atoms with Gasteiger partial charge in [-0.05, 0) is 85.3 Å². The van der Waals surface area contributed by atoms with E-state index in [1.807, 2.05) is 18.2 Å². The number of hydrogen-bond donors (Lipinski definition) is 1. The zero-order valence-electron chi connectivity index (χ0n) is 34.7. The van der Waals surface area contributed by atoms with Crippen molar-refractivity contribution in [3.05, 3.63) is 47.1 Å². The van der Waals surface area contributed by atoms with Crippen LogP contribution in [0.5, 0.6) is 11.5 Å². The minimum absolute atomic E-state index is 0.0346. The average molecular weight is 823 g/mol. The van der Waals surface area contributed by atoms with E-state index in [0.717, 1.165) is 23.1 Å². The Hall–Kier alpha value is -3.14. The molecule has 6 aliphatic rings. The lowest BCUT2D eigenvalue weighted by atomic mass is 9.45. The number of halogens is 3. The molecule has 7 atom stereocenters. The van der Waals surface area contributed by atoms with E-state index in [9.17, 15) is 31.2 Å². The summed E-state index contributed by atoms with van der Waals surface area (Å²) in [6.45, 7) is 16.0. The molecule has 1 saturated heterocycles. The first-order valence-electron chi connectivity index (χ1n) is 20.3. The Balaban J connectivity index is 1.22. The lowest BCUT2D eigenvalue weighted by molar-refractivity contribution is -0.203. The maximum absolute atomic E-state index is 13.9. The van der Waals surface area contributed by atoms with E-state index >= 15 is 0 Å². The molecule has 7 rings (SSSR count). The zero-order chi connectivity index (χ0) is 41.7. The van der Waals surface area contributed by atoms with Gasteiger partial charge in [0, 0.05) is 43.8 Å². The summed E-state index contributed by atoms with van der Waals surface area (Å²) in [6.07, 6.45) is 2.79. The van der Waals surface area contributed by atoms with Gasteiger partial charge in [0.1, 0.15) is 12.8 Å². The third-order valence-corrected chi connectivity index (χ3v) is 15.0. The van der Waals surface area contributed by atoms with Gasteiger partial charge in [0.05, 0.1) is 5.75 Å². The van der Waals surface area contributed by atoms with Gasteiger partial charge in [-0.15, -0.1) is 0 Å². The Morgan fingerprint density at radius 2 is 1.84 bits per heavy atom. The van der Waals surface area contributed by atoms with Crippen molar-refractivity contribution in [3.63, 3.8) is 0 Å². The topological polar surface area (TPSA) is 118 Å². The van der Waals surface area contributed by atoms with Crippen LogP contribution in [0.1, 0.15) is 86.1 Å².